The summed E-state index contributed by atoms with van der Waals surface area (Å²) >= 11 is 0. The summed E-state index contributed by atoms with van der Waals surface area (Å²) in [5.74, 6) is 0.0974. The summed E-state index contributed by atoms with van der Waals surface area (Å²) in [6.07, 6.45) is 4.27. The molecule has 0 unspecified atom stereocenters. The SMILES string of the molecule is Cc1ccc(CCC(=O)N2CCN(S(=O)(=O)c3ccc4c(c3)CCC4)CC2)cc1. The molecule has 1 amide bonds. The Morgan fingerprint density at radius 3 is 2.34 bits per heavy atom. The lowest BCUT2D eigenvalue weighted by molar-refractivity contribution is -0.132. The van der Waals surface area contributed by atoms with Crippen LogP contribution in [-0.2, 0) is 34.1 Å². The summed E-state index contributed by atoms with van der Waals surface area (Å²) in [7, 11) is -3.50. The zero-order valence-corrected chi connectivity index (χ0v) is 17.7. The van der Waals surface area contributed by atoms with Crippen molar-refractivity contribution in [2.45, 2.75) is 43.9 Å². The van der Waals surface area contributed by atoms with Crippen LogP contribution in [0, 0.1) is 6.92 Å². The van der Waals surface area contributed by atoms with Crippen molar-refractivity contribution in [2.75, 3.05) is 26.2 Å². The van der Waals surface area contributed by atoms with Gasteiger partial charge in [-0.2, -0.15) is 4.31 Å². The molecule has 2 aliphatic rings. The summed E-state index contributed by atoms with van der Waals surface area (Å²) in [4.78, 5) is 14.7. The normalized spacial score (nSPS) is 17.3. The molecule has 2 aromatic rings. The van der Waals surface area contributed by atoms with E-state index in [2.05, 4.69) is 24.3 Å². The van der Waals surface area contributed by atoms with Gasteiger partial charge in [-0.3, -0.25) is 4.79 Å². The number of hydrogen-bond acceptors (Lipinski definition) is 3. The van der Waals surface area contributed by atoms with Crippen LogP contribution in [0.2, 0.25) is 0 Å². The van der Waals surface area contributed by atoms with Gasteiger partial charge < -0.3 is 4.90 Å². The molecular weight excluding hydrogens is 384 g/mol. The maximum absolute atomic E-state index is 13.0. The van der Waals surface area contributed by atoms with E-state index in [0.29, 0.717) is 43.9 Å². The Hall–Kier alpha value is -2.18. The molecule has 1 heterocycles. The Morgan fingerprint density at radius 2 is 1.62 bits per heavy atom. The summed E-state index contributed by atoms with van der Waals surface area (Å²) < 4.78 is 27.6. The van der Waals surface area contributed by atoms with E-state index in [-0.39, 0.29) is 5.91 Å². The molecule has 0 saturated carbocycles. The molecule has 154 valence electrons. The van der Waals surface area contributed by atoms with E-state index in [1.807, 2.05) is 19.1 Å². The minimum Gasteiger partial charge on any atom is -0.340 e. The first kappa shape index (κ1) is 20.1. The van der Waals surface area contributed by atoms with Gasteiger partial charge in [-0.05, 0) is 61.4 Å². The van der Waals surface area contributed by atoms with Gasteiger partial charge in [-0.15, -0.1) is 0 Å². The maximum Gasteiger partial charge on any atom is 0.243 e. The van der Waals surface area contributed by atoms with Crippen LogP contribution in [0.1, 0.15) is 35.1 Å². The van der Waals surface area contributed by atoms with Crippen molar-refractivity contribution in [1.82, 2.24) is 9.21 Å². The Bertz CT molecular complexity index is 991. The van der Waals surface area contributed by atoms with E-state index in [4.69, 9.17) is 0 Å². The molecule has 5 nitrogen and oxygen atoms in total. The van der Waals surface area contributed by atoms with Crippen molar-refractivity contribution < 1.29 is 13.2 Å². The maximum atomic E-state index is 13.0. The molecule has 1 aliphatic carbocycles. The largest absolute Gasteiger partial charge is 0.340 e. The van der Waals surface area contributed by atoms with Gasteiger partial charge in [0, 0.05) is 32.6 Å². The molecule has 6 heteroatoms. The number of piperazine rings is 1. The number of rotatable bonds is 5. The Labute approximate surface area is 173 Å². The van der Waals surface area contributed by atoms with Crippen molar-refractivity contribution in [1.29, 1.82) is 0 Å². The van der Waals surface area contributed by atoms with Crippen molar-refractivity contribution in [3.63, 3.8) is 0 Å². The second-order valence-corrected chi connectivity index (χ2v) is 9.99. The molecule has 0 aromatic heterocycles. The van der Waals surface area contributed by atoms with Crippen molar-refractivity contribution in [3.8, 4) is 0 Å². The van der Waals surface area contributed by atoms with E-state index in [0.717, 1.165) is 30.4 Å². The summed E-state index contributed by atoms with van der Waals surface area (Å²) in [6, 6.07) is 13.8. The van der Waals surface area contributed by atoms with Gasteiger partial charge in [-0.25, -0.2) is 8.42 Å². The molecule has 1 fully saturated rings. The number of benzene rings is 2. The van der Waals surface area contributed by atoms with E-state index in [1.165, 1.54) is 15.4 Å². The van der Waals surface area contributed by atoms with Gasteiger partial charge >= 0.3 is 0 Å². The first-order chi connectivity index (χ1) is 13.9. The first-order valence-corrected chi connectivity index (χ1v) is 11.8. The number of carbonyl (C=O) groups excluding carboxylic acids is 1. The third-order valence-electron chi connectivity index (χ3n) is 6.05. The number of amides is 1. The van der Waals surface area contributed by atoms with E-state index < -0.39 is 10.0 Å². The molecule has 29 heavy (non-hydrogen) atoms. The molecule has 1 saturated heterocycles. The highest BCUT2D eigenvalue weighted by atomic mass is 32.2. The van der Waals surface area contributed by atoms with E-state index in [9.17, 15) is 13.2 Å². The van der Waals surface area contributed by atoms with Gasteiger partial charge in [0.2, 0.25) is 15.9 Å². The Kier molecular flexibility index (Phi) is 5.74. The number of carbonyl (C=O) groups is 1. The number of nitrogens with zero attached hydrogens (tertiary/aromatic N) is 2. The smallest absolute Gasteiger partial charge is 0.243 e. The lowest BCUT2D eigenvalue weighted by atomic mass is 10.1. The molecule has 0 atom stereocenters. The Morgan fingerprint density at radius 1 is 0.931 bits per heavy atom. The predicted octanol–water partition coefficient (Wildman–Crippen LogP) is 2.95. The zero-order chi connectivity index (χ0) is 20.4. The molecule has 2 aromatic carbocycles. The van der Waals surface area contributed by atoms with Gasteiger partial charge in [0.05, 0.1) is 4.90 Å². The molecule has 0 radical (unpaired) electrons. The van der Waals surface area contributed by atoms with Crippen LogP contribution in [0.3, 0.4) is 0 Å². The molecular formula is C23H28N2O3S. The topological polar surface area (TPSA) is 57.7 Å². The summed E-state index contributed by atoms with van der Waals surface area (Å²) in [5.41, 5.74) is 4.80. The van der Waals surface area contributed by atoms with E-state index >= 15 is 0 Å². The van der Waals surface area contributed by atoms with Crippen LogP contribution in [-0.4, -0.2) is 49.7 Å². The molecule has 0 spiro atoms. The quantitative estimate of drug-likeness (QED) is 0.759. The van der Waals surface area contributed by atoms with Gasteiger partial charge in [0.15, 0.2) is 0 Å². The predicted molar refractivity (Wildman–Crippen MR) is 113 cm³/mol. The summed E-state index contributed by atoms with van der Waals surface area (Å²) in [5, 5.41) is 0. The average molecular weight is 413 g/mol. The lowest BCUT2D eigenvalue weighted by Crippen LogP contribution is -2.50. The van der Waals surface area contributed by atoms with Gasteiger partial charge in [0.1, 0.15) is 0 Å². The number of fused-ring (bicyclic) bond motifs is 1. The van der Waals surface area contributed by atoms with Crippen LogP contribution in [0.25, 0.3) is 0 Å². The standard InChI is InChI=1S/C23H28N2O3S/c1-18-5-7-19(8-6-18)9-12-23(26)24-13-15-25(16-14-24)29(27,28)22-11-10-20-3-2-4-21(20)17-22/h5-8,10-11,17H,2-4,9,12-16H2,1H3. The Balaban J connectivity index is 1.33. The highest BCUT2D eigenvalue weighted by Crippen LogP contribution is 2.26. The minimum atomic E-state index is -3.50. The fourth-order valence-corrected chi connectivity index (χ4v) is 5.67. The number of sulfonamides is 1. The van der Waals surface area contributed by atoms with Crippen LogP contribution in [0.15, 0.2) is 47.4 Å². The number of aryl methyl sites for hydroxylation is 4. The van der Waals surface area contributed by atoms with Gasteiger partial charge in [-0.1, -0.05) is 35.9 Å². The second kappa shape index (κ2) is 8.28. The van der Waals surface area contributed by atoms with Crippen molar-refractivity contribution in [3.05, 3.63) is 64.7 Å². The fraction of sp³-hybridized carbons (Fsp3) is 0.435. The van der Waals surface area contributed by atoms with E-state index in [1.54, 1.807) is 11.0 Å². The molecule has 0 bridgehead atoms. The van der Waals surface area contributed by atoms with Crippen LogP contribution in [0.5, 0.6) is 0 Å². The fourth-order valence-electron chi connectivity index (χ4n) is 4.20. The third-order valence-corrected chi connectivity index (χ3v) is 7.94. The molecule has 1 aliphatic heterocycles. The van der Waals surface area contributed by atoms with Crippen LogP contribution >= 0.6 is 0 Å². The number of hydrogen-bond donors (Lipinski definition) is 0. The monoisotopic (exact) mass is 412 g/mol. The third kappa shape index (κ3) is 4.38. The highest BCUT2D eigenvalue weighted by Gasteiger charge is 2.30. The first-order valence-electron chi connectivity index (χ1n) is 10.4. The summed E-state index contributed by atoms with van der Waals surface area (Å²) in [6.45, 7) is 3.67. The average Bonchev–Trinajstić information content (AvgIpc) is 3.21. The highest BCUT2D eigenvalue weighted by molar-refractivity contribution is 7.89. The van der Waals surface area contributed by atoms with Crippen molar-refractivity contribution in [2.24, 2.45) is 0 Å². The molecule has 0 N–H and O–H groups in total. The second-order valence-electron chi connectivity index (χ2n) is 8.05. The van der Waals surface area contributed by atoms with Crippen LogP contribution < -0.4 is 0 Å². The minimum absolute atomic E-state index is 0.0974. The zero-order valence-electron chi connectivity index (χ0n) is 16.9. The lowest BCUT2D eigenvalue weighted by Gasteiger charge is -2.34. The van der Waals surface area contributed by atoms with Gasteiger partial charge in [0.25, 0.3) is 0 Å². The van der Waals surface area contributed by atoms with Crippen LogP contribution in [0.4, 0.5) is 0 Å². The molecule has 4 rings (SSSR count). The van der Waals surface area contributed by atoms with Crippen molar-refractivity contribution >= 4 is 15.9 Å².